The molecule has 0 saturated heterocycles. The second-order valence-electron chi connectivity index (χ2n) is 4.34. The van der Waals surface area contributed by atoms with Gasteiger partial charge in [0.15, 0.2) is 0 Å². The third kappa shape index (κ3) is 3.42. The molecule has 3 N–H and O–H groups in total. The maximum Gasteiger partial charge on any atom is 0.221 e. The Hall–Kier alpha value is -2.21. The molecule has 0 atom stereocenters. The fourth-order valence-corrected chi connectivity index (χ4v) is 1.78. The van der Waals surface area contributed by atoms with E-state index in [0.717, 1.165) is 24.1 Å². The molecule has 0 amide bonds. The zero-order chi connectivity index (χ0) is 14.4. The minimum Gasteiger partial charge on any atom is -0.477 e. The first kappa shape index (κ1) is 14.2. The summed E-state index contributed by atoms with van der Waals surface area (Å²) < 4.78 is 5.74. The number of hydrogen-bond acceptors (Lipinski definition) is 6. The van der Waals surface area contributed by atoms with Gasteiger partial charge in [-0.25, -0.2) is 10.8 Å². The van der Waals surface area contributed by atoms with Crippen LogP contribution in [-0.2, 0) is 12.8 Å². The Morgan fingerprint density at radius 3 is 2.80 bits per heavy atom. The van der Waals surface area contributed by atoms with Crippen LogP contribution >= 0.6 is 0 Å². The number of nitrogens with two attached hydrogens (primary N) is 1. The molecule has 2 rings (SSSR count). The van der Waals surface area contributed by atoms with E-state index in [4.69, 9.17) is 10.6 Å². The highest BCUT2D eigenvalue weighted by molar-refractivity contribution is 5.47. The molecule has 0 aromatic carbocycles. The van der Waals surface area contributed by atoms with Crippen molar-refractivity contribution in [2.24, 2.45) is 5.84 Å². The zero-order valence-corrected chi connectivity index (χ0v) is 11.8. The van der Waals surface area contributed by atoms with Crippen molar-refractivity contribution < 1.29 is 4.74 Å². The Balaban J connectivity index is 2.05. The average Bonchev–Trinajstić information content (AvgIpc) is 2.50. The molecule has 0 aliphatic rings. The van der Waals surface area contributed by atoms with Crippen LogP contribution in [0.3, 0.4) is 0 Å². The molecule has 0 bridgehead atoms. The number of nitrogens with one attached hydrogen (secondary N) is 1. The van der Waals surface area contributed by atoms with Gasteiger partial charge in [0, 0.05) is 24.7 Å². The number of anilines is 1. The largest absolute Gasteiger partial charge is 0.477 e. The number of nitrogen functional groups attached to an aromatic ring is 1. The topological polar surface area (TPSA) is 86.0 Å². The summed E-state index contributed by atoms with van der Waals surface area (Å²) in [5.41, 5.74) is 4.38. The van der Waals surface area contributed by atoms with Gasteiger partial charge < -0.3 is 10.2 Å². The minimum absolute atomic E-state index is 0.516. The Morgan fingerprint density at radius 1 is 1.30 bits per heavy atom. The first-order valence-electron chi connectivity index (χ1n) is 6.61. The molecule has 0 fully saturated rings. The lowest BCUT2D eigenvalue weighted by molar-refractivity contribution is 0.304. The lowest BCUT2D eigenvalue weighted by Gasteiger charge is -2.12. The summed E-state index contributed by atoms with van der Waals surface area (Å²) in [6, 6.07) is 5.83. The van der Waals surface area contributed by atoms with Gasteiger partial charge in [0.2, 0.25) is 5.88 Å². The van der Waals surface area contributed by atoms with Crippen LogP contribution in [0.1, 0.15) is 24.0 Å². The molecular weight excluding hydrogens is 254 g/mol. The minimum atomic E-state index is 0.516. The van der Waals surface area contributed by atoms with Crippen LogP contribution in [0, 0.1) is 6.92 Å². The van der Waals surface area contributed by atoms with Crippen LogP contribution in [-0.4, -0.2) is 21.6 Å². The van der Waals surface area contributed by atoms with Crippen LogP contribution in [0.25, 0.3) is 0 Å². The SMILES string of the molecule is CCc1nc(NN)c(C)c(OCCc2ccccn2)n1. The highest BCUT2D eigenvalue weighted by atomic mass is 16.5. The van der Waals surface area contributed by atoms with Crippen LogP contribution in [0.2, 0.25) is 0 Å². The number of aryl methyl sites for hydroxylation is 1. The van der Waals surface area contributed by atoms with Gasteiger partial charge in [0.25, 0.3) is 0 Å². The molecule has 0 unspecified atom stereocenters. The van der Waals surface area contributed by atoms with Crippen LogP contribution < -0.4 is 16.0 Å². The Labute approximate surface area is 118 Å². The summed E-state index contributed by atoms with van der Waals surface area (Å²) in [7, 11) is 0. The monoisotopic (exact) mass is 273 g/mol. The highest BCUT2D eigenvalue weighted by Gasteiger charge is 2.10. The number of ether oxygens (including phenoxy) is 1. The molecule has 20 heavy (non-hydrogen) atoms. The summed E-state index contributed by atoms with van der Waals surface area (Å²) in [6.07, 6.45) is 3.24. The van der Waals surface area contributed by atoms with E-state index in [9.17, 15) is 0 Å². The molecule has 2 aromatic heterocycles. The zero-order valence-electron chi connectivity index (χ0n) is 11.8. The van der Waals surface area contributed by atoms with Gasteiger partial charge in [-0.2, -0.15) is 4.98 Å². The van der Waals surface area contributed by atoms with E-state index < -0.39 is 0 Å². The molecule has 106 valence electrons. The Morgan fingerprint density at radius 2 is 2.15 bits per heavy atom. The summed E-state index contributed by atoms with van der Waals surface area (Å²) >= 11 is 0. The summed E-state index contributed by atoms with van der Waals surface area (Å²) in [6.45, 7) is 4.38. The predicted octanol–water partition coefficient (Wildman–Crippen LogP) is 1.65. The summed E-state index contributed by atoms with van der Waals surface area (Å²) in [4.78, 5) is 12.9. The van der Waals surface area contributed by atoms with Crippen LogP contribution in [0.4, 0.5) is 5.82 Å². The van der Waals surface area contributed by atoms with E-state index in [-0.39, 0.29) is 0 Å². The van der Waals surface area contributed by atoms with Gasteiger partial charge in [-0.3, -0.25) is 4.98 Å². The van der Waals surface area contributed by atoms with E-state index in [2.05, 4.69) is 20.4 Å². The maximum absolute atomic E-state index is 5.74. The van der Waals surface area contributed by atoms with Gasteiger partial charge in [0.05, 0.1) is 12.2 Å². The van der Waals surface area contributed by atoms with E-state index >= 15 is 0 Å². The van der Waals surface area contributed by atoms with Gasteiger partial charge in [-0.15, -0.1) is 0 Å². The number of aromatic nitrogens is 3. The van der Waals surface area contributed by atoms with Crippen molar-refractivity contribution in [3.63, 3.8) is 0 Å². The lowest BCUT2D eigenvalue weighted by Crippen LogP contribution is -2.14. The molecule has 6 heteroatoms. The predicted molar refractivity (Wildman–Crippen MR) is 77.4 cm³/mol. The van der Waals surface area contributed by atoms with E-state index in [1.54, 1.807) is 6.20 Å². The third-order valence-corrected chi connectivity index (χ3v) is 2.92. The maximum atomic E-state index is 5.74. The van der Waals surface area contributed by atoms with Gasteiger partial charge in [0.1, 0.15) is 11.6 Å². The van der Waals surface area contributed by atoms with Crippen LogP contribution in [0.15, 0.2) is 24.4 Å². The number of rotatable bonds is 6. The van der Waals surface area contributed by atoms with Gasteiger partial charge >= 0.3 is 0 Å². The molecule has 2 aromatic rings. The molecule has 6 nitrogen and oxygen atoms in total. The average molecular weight is 273 g/mol. The molecular formula is C14H19N5O. The molecule has 0 aliphatic heterocycles. The first-order valence-corrected chi connectivity index (χ1v) is 6.61. The molecule has 0 saturated carbocycles. The first-order chi connectivity index (χ1) is 9.74. The fourth-order valence-electron chi connectivity index (χ4n) is 1.78. The molecule has 2 heterocycles. The smallest absolute Gasteiger partial charge is 0.221 e. The van der Waals surface area contributed by atoms with Gasteiger partial charge in [-0.05, 0) is 19.1 Å². The van der Waals surface area contributed by atoms with E-state index in [1.807, 2.05) is 32.0 Å². The van der Waals surface area contributed by atoms with E-state index in [0.29, 0.717) is 24.1 Å². The Bertz CT molecular complexity index is 559. The van der Waals surface area contributed by atoms with Crippen molar-refractivity contribution in [1.29, 1.82) is 0 Å². The van der Waals surface area contributed by atoms with Crippen molar-refractivity contribution >= 4 is 5.82 Å². The van der Waals surface area contributed by atoms with Crippen molar-refractivity contribution in [2.45, 2.75) is 26.7 Å². The van der Waals surface area contributed by atoms with Crippen molar-refractivity contribution in [3.05, 3.63) is 41.5 Å². The quantitative estimate of drug-likeness (QED) is 0.615. The second-order valence-corrected chi connectivity index (χ2v) is 4.34. The number of hydrazine groups is 1. The van der Waals surface area contributed by atoms with Crippen molar-refractivity contribution in [1.82, 2.24) is 15.0 Å². The fraction of sp³-hybridized carbons (Fsp3) is 0.357. The Kier molecular flexibility index (Phi) is 4.84. The van der Waals surface area contributed by atoms with Gasteiger partial charge in [-0.1, -0.05) is 13.0 Å². The summed E-state index contributed by atoms with van der Waals surface area (Å²) in [5.74, 6) is 7.33. The molecule has 0 spiro atoms. The lowest BCUT2D eigenvalue weighted by atomic mass is 10.3. The number of pyridine rings is 1. The van der Waals surface area contributed by atoms with Crippen LogP contribution in [0.5, 0.6) is 5.88 Å². The van der Waals surface area contributed by atoms with Crippen molar-refractivity contribution in [3.8, 4) is 5.88 Å². The second kappa shape index (κ2) is 6.81. The standard InChI is InChI=1S/C14H19N5O/c1-3-12-17-13(19-15)10(2)14(18-12)20-9-7-11-6-4-5-8-16-11/h4-6,8H,3,7,9,15H2,1-2H3,(H,17,18,19). The normalized spacial score (nSPS) is 10.3. The van der Waals surface area contributed by atoms with Crippen molar-refractivity contribution in [2.75, 3.05) is 12.0 Å². The molecule has 0 aliphatic carbocycles. The third-order valence-electron chi connectivity index (χ3n) is 2.92. The number of hydrogen-bond donors (Lipinski definition) is 2. The summed E-state index contributed by atoms with van der Waals surface area (Å²) in [5, 5.41) is 0. The van der Waals surface area contributed by atoms with E-state index in [1.165, 1.54) is 0 Å². The highest BCUT2D eigenvalue weighted by Crippen LogP contribution is 2.21. The molecule has 0 radical (unpaired) electrons. The number of nitrogens with zero attached hydrogens (tertiary/aromatic N) is 3.